The average molecular weight is 414 g/mol. The summed E-state index contributed by atoms with van der Waals surface area (Å²) in [6.45, 7) is -0.0312. The van der Waals surface area contributed by atoms with Gasteiger partial charge in [0, 0.05) is 41.0 Å². The predicted octanol–water partition coefficient (Wildman–Crippen LogP) is 5.18. The van der Waals surface area contributed by atoms with Gasteiger partial charge < -0.3 is 5.11 Å². The van der Waals surface area contributed by atoms with Crippen LogP contribution in [0, 0.1) is 21.7 Å². The van der Waals surface area contributed by atoms with Crippen molar-refractivity contribution in [3.8, 4) is 21.7 Å². The lowest BCUT2D eigenvalue weighted by atomic mass is 10.0. The van der Waals surface area contributed by atoms with Crippen LogP contribution in [0.3, 0.4) is 0 Å². The van der Waals surface area contributed by atoms with Gasteiger partial charge in [-0.1, -0.05) is 60.2 Å². The Labute approximate surface area is 151 Å². The second-order valence-electron chi connectivity index (χ2n) is 5.18. The van der Waals surface area contributed by atoms with Crippen LogP contribution in [0.15, 0.2) is 48.0 Å². The van der Waals surface area contributed by atoms with Gasteiger partial charge in [-0.3, -0.25) is 0 Å². The fourth-order valence-corrected chi connectivity index (χ4v) is 2.61. The molecule has 0 aliphatic rings. The van der Waals surface area contributed by atoms with E-state index >= 15 is 0 Å². The van der Waals surface area contributed by atoms with Crippen molar-refractivity contribution in [2.45, 2.75) is 25.7 Å². The first-order chi connectivity index (χ1) is 11.3. The summed E-state index contributed by atoms with van der Waals surface area (Å²) in [4.78, 5) is 0. The summed E-state index contributed by atoms with van der Waals surface area (Å²) in [7, 11) is 0. The number of fused-ring (bicyclic) bond motifs is 1. The zero-order chi connectivity index (χ0) is 16.3. The summed E-state index contributed by atoms with van der Waals surface area (Å²) in [6, 6.07) is 14.4. The average Bonchev–Trinajstić information content (AvgIpc) is 2.60. The number of halogens is 1. The molecular formula is C21H19IO. The van der Waals surface area contributed by atoms with Crippen molar-refractivity contribution in [1.82, 2.24) is 0 Å². The first-order valence-corrected chi connectivity index (χ1v) is 8.79. The Morgan fingerprint density at radius 2 is 1.74 bits per heavy atom. The van der Waals surface area contributed by atoms with Gasteiger partial charge in [-0.25, -0.2) is 0 Å². The summed E-state index contributed by atoms with van der Waals surface area (Å²) in [5.74, 6) is 9.30. The lowest BCUT2D eigenvalue weighted by Gasteiger charge is -2.03. The van der Waals surface area contributed by atoms with Crippen LogP contribution in [0.2, 0.25) is 0 Å². The van der Waals surface area contributed by atoms with E-state index in [1.807, 2.05) is 24.3 Å². The van der Waals surface area contributed by atoms with Gasteiger partial charge in [-0.05, 0) is 39.2 Å². The molecule has 1 N–H and O–H groups in total. The molecule has 0 bridgehead atoms. The van der Waals surface area contributed by atoms with Crippen LogP contribution >= 0.6 is 22.6 Å². The van der Waals surface area contributed by atoms with Gasteiger partial charge in [-0.15, -0.1) is 0 Å². The molecule has 2 rings (SSSR count). The van der Waals surface area contributed by atoms with E-state index in [0.717, 1.165) is 36.8 Å². The van der Waals surface area contributed by atoms with E-state index in [4.69, 9.17) is 0 Å². The molecule has 0 spiro atoms. The predicted molar refractivity (Wildman–Crippen MR) is 107 cm³/mol. The minimum atomic E-state index is -0.0312. The van der Waals surface area contributed by atoms with Crippen LogP contribution in [-0.4, -0.2) is 11.7 Å². The van der Waals surface area contributed by atoms with E-state index in [-0.39, 0.29) is 6.61 Å². The minimum Gasteiger partial charge on any atom is -0.391 e. The van der Waals surface area contributed by atoms with Crippen LogP contribution in [0.4, 0.5) is 0 Å². The number of hydrogen-bond acceptors (Lipinski definition) is 1. The first kappa shape index (κ1) is 17.6. The molecule has 2 aromatic carbocycles. The maximum atomic E-state index is 9.54. The van der Waals surface area contributed by atoms with Gasteiger partial charge in [0.2, 0.25) is 0 Å². The van der Waals surface area contributed by atoms with Crippen molar-refractivity contribution in [3.05, 3.63) is 53.6 Å². The van der Waals surface area contributed by atoms with Crippen molar-refractivity contribution in [2.24, 2.45) is 0 Å². The Hall–Kier alpha value is -1.75. The largest absolute Gasteiger partial charge is 0.391 e. The second kappa shape index (κ2) is 10.1. The molecule has 0 heterocycles. The molecule has 1 nitrogen and oxygen atoms in total. The molecule has 0 saturated carbocycles. The normalized spacial score (nSPS) is 10.6. The molecule has 0 fully saturated rings. The molecule has 0 atom stereocenters. The highest BCUT2D eigenvalue weighted by Gasteiger charge is 1.98. The lowest BCUT2D eigenvalue weighted by molar-refractivity contribution is 0.337. The number of rotatable bonds is 5. The number of aliphatic hydroxyl groups excluding tert-OH is 1. The molecule has 0 unspecified atom stereocenters. The van der Waals surface area contributed by atoms with Gasteiger partial charge in [0.1, 0.15) is 0 Å². The van der Waals surface area contributed by atoms with Gasteiger partial charge in [0.05, 0.1) is 6.61 Å². The van der Waals surface area contributed by atoms with Crippen molar-refractivity contribution < 1.29 is 5.11 Å². The van der Waals surface area contributed by atoms with Gasteiger partial charge >= 0.3 is 0 Å². The van der Waals surface area contributed by atoms with Crippen LogP contribution in [0.5, 0.6) is 0 Å². The Morgan fingerprint density at radius 1 is 1.00 bits per heavy atom. The minimum absolute atomic E-state index is 0.0312. The van der Waals surface area contributed by atoms with Crippen molar-refractivity contribution >= 4 is 39.4 Å². The van der Waals surface area contributed by atoms with Gasteiger partial charge in [-0.2, -0.15) is 0 Å². The Morgan fingerprint density at radius 3 is 2.52 bits per heavy atom. The molecule has 0 aliphatic carbocycles. The highest BCUT2D eigenvalue weighted by atomic mass is 127. The quantitative estimate of drug-likeness (QED) is 0.407. The summed E-state index contributed by atoms with van der Waals surface area (Å²) >= 11 is 2.06. The zero-order valence-electron chi connectivity index (χ0n) is 13.0. The summed E-state index contributed by atoms with van der Waals surface area (Å²) in [6.07, 6.45) is 5.88. The molecule has 2 aromatic rings. The van der Waals surface area contributed by atoms with E-state index < -0.39 is 0 Å². The van der Waals surface area contributed by atoms with Crippen molar-refractivity contribution in [2.75, 3.05) is 6.61 Å². The van der Waals surface area contributed by atoms with Gasteiger partial charge in [0.25, 0.3) is 0 Å². The lowest BCUT2D eigenvalue weighted by Crippen LogP contribution is -1.88. The van der Waals surface area contributed by atoms with Crippen LogP contribution in [-0.2, 0) is 0 Å². The molecular weight excluding hydrogens is 395 g/mol. The second-order valence-corrected chi connectivity index (χ2v) is 5.72. The molecule has 2 heteroatoms. The molecule has 116 valence electrons. The Balaban J connectivity index is 2.07. The summed E-state index contributed by atoms with van der Waals surface area (Å²) < 4.78 is 2.87. The Bertz CT molecular complexity index is 792. The topological polar surface area (TPSA) is 20.2 Å². The molecule has 0 radical (unpaired) electrons. The highest BCUT2D eigenvalue weighted by molar-refractivity contribution is 14.1. The smallest absolute Gasteiger partial charge is 0.0760 e. The van der Waals surface area contributed by atoms with E-state index in [9.17, 15) is 5.11 Å². The van der Waals surface area contributed by atoms with Gasteiger partial charge in [0.15, 0.2) is 0 Å². The number of unbranched alkanes of at least 4 members (excludes halogenated alkanes) is 3. The monoisotopic (exact) mass is 414 g/mol. The van der Waals surface area contributed by atoms with E-state index in [1.165, 1.54) is 10.8 Å². The third-order valence-electron chi connectivity index (χ3n) is 3.49. The fraction of sp³-hybridized carbons (Fsp3) is 0.238. The van der Waals surface area contributed by atoms with E-state index in [0.29, 0.717) is 0 Å². The number of hydrogen-bond donors (Lipinski definition) is 1. The van der Waals surface area contributed by atoms with Crippen LogP contribution in [0.25, 0.3) is 16.8 Å². The molecule has 0 amide bonds. The van der Waals surface area contributed by atoms with Crippen molar-refractivity contribution in [1.29, 1.82) is 0 Å². The third kappa shape index (κ3) is 5.75. The molecule has 0 aliphatic heterocycles. The fourth-order valence-electron chi connectivity index (χ4n) is 2.34. The number of aliphatic hydroxyl groups is 1. The third-order valence-corrected chi connectivity index (χ3v) is 3.87. The molecule has 0 saturated heterocycles. The maximum Gasteiger partial charge on any atom is 0.0760 e. The van der Waals surface area contributed by atoms with E-state index in [2.05, 4.69) is 68.5 Å². The number of benzene rings is 2. The summed E-state index contributed by atoms with van der Waals surface area (Å²) in [5.41, 5.74) is 1.85. The van der Waals surface area contributed by atoms with Crippen molar-refractivity contribution in [3.63, 3.8) is 0 Å². The molecule has 23 heavy (non-hydrogen) atoms. The maximum absolute atomic E-state index is 9.54. The van der Waals surface area contributed by atoms with E-state index in [1.54, 1.807) is 0 Å². The SMILES string of the molecule is OC/C(C#CCCCCC#CI)=C/c1cccc2ccccc12. The van der Waals surface area contributed by atoms with Crippen LogP contribution in [0.1, 0.15) is 31.2 Å². The molecule has 0 aromatic heterocycles. The zero-order valence-corrected chi connectivity index (χ0v) is 15.1. The van der Waals surface area contributed by atoms with Crippen LogP contribution < -0.4 is 0 Å². The standard InChI is InChI=1S/C21H19IO/c22-15-8-4-2-1-3-5-10-18(17-23)16-20-13-9-12-19-11-6-7-14-21(19)20/h6-7,9,11-14,16,23H,1-4,17H2/b18-16+. The first-order valence-electron chi connectivity index (χ1n) is 7.71. The highest BCUT2D eigenvalue weighted by Crippen LogP contribution is 2.20. The Kier molecular flexibility index (Phi) is 7.73. The summed E-state index contributed by atoms with van der Waals surface area (Å²) in [5, 5.41) is 11.9.